The molecule has 0 aromatic heterocycles. The third-order valence-electron chi connectivity index (χ3n) is 1.42. The van der Waals surface area contributed by atoms with Gasteiger partial charge in [0.25, 0.3) is 0 Å². The molecule has 1 fully saturated rings. The quantitative estimate of drug-likeness (QED) is 0.510. The Kier molecular flexibility index (Phi) is 2.52. The first-order valence-electron chi connectivity index (χ1n) is 3.26. The van der Waals surface area contributed by atoms with Crippen molar-refractivity contribution in [2.45, 2.75) is 19.1 Å². The molecule has 1 saturated heterocycles. The van der Waals surface area contributed by atoms with Crippen LogP contribution < -0.4 is 5.32 Å². The molecule has 8 heavy (non-hydrogen) atoms. The molecule has 48 valence electrons. The zero-order valence-corrected chi connectivity index (χ0v) is 6.73. The standard InChI is InChI=1S/C5H13NOSi/c1-8-7-5-2-3-6-4-5/h5-6H,2-4,8H2,1H3/t5-/m0/s1. The first-order valence-corrected chi connectivity index (χ1v) is 5.25. The Hall–Kier alpha value is 0.137. The van der Waals surface area contributed by atoms with Gasteiger partial charge in [0.05, 0.1) is 6.10 Å². The van der Waals surface area contributed by atoms with E-state index < -0.39 is 0 Å². The van der Waals surface area contributed by atoms with Crippen molar-refractivity contribution >= 4 is 9.76 Å². The normalized spacial score (nSPS) is 30.4. The molecule has 0 bridgehead atoms. The third-order valence-corrected chi connectivity index (χ3v) is 2.22. The van der Waals surface area contributed by atoms with Crippen LogP contribution in [0.15, 0.2) is 0 Å². The molecule has 2 nitrogen and oxygen atoms in total. The number of nitrogens with one attached hydrogen (secondary N) is 1. The van der Waals surface area contributed by atoms with Crippen LogP contribution in [0.1, 0.15) is 6.42 Å². The van der Waals surface area contributed by atoms with Crippen LogP contribution >= 0.6 is 0 Å². The minimum Gasteiger partial charge on any atom is -0.420 e. The molecule has 3 heteroatoms. The summed E-state index contributed by atoms with van der Waals surface area (Å²) in [6, 6.07) is 0. The summed E-state index contributed by atoms with van der Waals surface area (Å²) >= 11 is 0. The number of hydrogen-bond acceptors (Lipinski definition) is 2. The monoisotopic (exact) mass is 131 g/mol. The Morgan fingerprint density at radius 3 is 3.12 bits per heavy atom. The molecule has 0 aliphatic carbocycles. The third kappa shape index (κ3) is 1.58. The molecule has 1 heterocycles. The van der Waals surface area contributed by atoms with Crippen molar-refractivity contribution in [1.82, 2.24) is 5.32 Å². The molecule has 1 aliphatic rings. The molecule has 1 N–H and O–H groups in total. The Morgan fingerprint density at radius 1 is 1.75 bits per heavy atom. The highest BCUT2D eigenvalue weighted by molar-refractivity contribution is 6.24. The lowest BCUT2D eigenvalue weighted by molar-refractivity contribution is 0.237. The fourth-order valence-electron chi connectivity index (χ4n) is 1.01. The van der Waals surface area contributed by atoms with Crippen LogP contribution in [0, 0.1) is 0 Å². The van der Waals surface area contributed by atoms with Crippen molar-refractivity contribution in [2.24, 2.45) is 0 Å². The van der Waals surface area contributed by atoms with Crippen molar-refractivity contribution in [3.63, 3.8) is 0 Å². The second-order valence-corrected chi connectivity index (χ2v) is 2.98. The molecule has 0 radical (unpaired) electrons. The molecule has 0 spiro atoms. The van der Waals surface area contributed by atoms with E-state index in [1.165, 1.54) is 6.42 Å². The predicted molar refractivity (Wildman–Crippen MR) is 36.8 cm³/mol. The summed E-state index contributed by atoms with van der Waals surface area (Å²) in [6.45, 7) is 4.41. The molecule has 0 unspecified atom stereocenters. The minimum atomic E-state index is -0.155. The lowest BCUT2D eigenvalue weighted by atomic mass is 10.3. The van der Waals surface area contributed by atoms with E-state index in [1.807, 2.05) is 0 Å². The maximum atomic E-state index is 5.48. The van der Waals surface area contributed by atoms with Crippen LogP contribution in [0.4, 0.5) is 0 Å². The zero-order valence-electron chi connectivity index (χ0n) is 5.31. The van der Waals surface area contributed by atoms with Gasteiger partial charge < -0.3 is 9.74 Å². The molecule has 0 aromatic carbocycles. The summed E-state index contributed by atoms with van der Waals surface area (Å²) in [5.74, 6) is 0. The second kappa shape index (κ2) is 3.22. The Balaban J connectivity index is 2.06. The van der Waals surface area contributed by atoms with Crippen LogP contribution in [-0.2, 0) is 4.43 Å². The Morgan fingerprint density at radius 2 is 2.62 bits per heavy atom. The maximum Gasteiger partial charge on any atom is 0.159 e. The smallest absolute Gasteiger partial charge is 0.159 e. The van der Waals surface area contributed by atoms with Crippen LogP contribution in [0.3, 0.4) is 0 Å². The summed E-state index contributed by atoms with van der Waals surface area (Å²) in [5.41, 5.74) is 0. The average molecular weight is 131 g/mol. The van der Waals surface area contributed by atoms with E-state index in [-0.39, 0.29) is 9.76 Å². The molecule has 0 aromatic rings. The van der Waals surface area contributed by atoms with Crippen LogP contribution in [-0.4, -0.2) is 29.0 Å². The first kappa shape index (κ1) is 6.26. The van der Waals surface area contributed by atoms with Gasteiger partial charge in [-0.05, 0) is 13.0 Å². The van der Waals surface area contributed by atoms with Gasteiger partial charge in [-0.25, -0.2) is 0 Å². The van der Waals surface area contributed by atoms with E-state index in [0.29, 0.717) is 6.10 Å². The highest BCUT2D eigenvalue weighted by Crippen LogP contribution is 2.00. The maximum absolute atomic E-state index is 5.48. The fourth-order valence-corrected chi connectivity index (χ4v) is 1.76. The van der Waals surface area contributed by atoms with Crippen LogP contribution in [0.25, 0.3) is 0 Å². The Labute approximate surface area is 52.6 Å². The van der Waals surface area contributed by atoms with Gasteiger partial charge in [0, 0.05) is 6.54 Å². The van der Waals surface area contributed by atoms with Gasteiger partial charge in [0.1, 0.15) is 0 Å². The fraction of sp³-hybridized carbons (Fsp3) is 1.00. The molecule has 0 amide bonds. The van der Waals surface area contributed by atoms with Gasteiger partial charge in [-0.1, -0.05) is 6.55 Å². The topological polar surface area (TPSA) is 21.3 Å². The van der Waals surface area contributed by atoms with E-state index in [1.54, 1.807) is 0 Å². The largest absolute Gasteiger partial charge is 0.420 e. The van der Waals surface area contributed by atoms with Gasteiger partial charge in [-0.15, -0.1) is 0 Å². The first-order chi connectivity index (χ1) is 3.93. The molecule has 1 aliphatic heterocycles. The van der Waals surface area contributed by atoms with Crippen molar-refractivity contribution in [3.8, 4) is 0 Å². The molecule has 0 saturated carbocycles. The van der Waals surface area contributed by atoms with Gasteiger partial charge in [-0.3, -0.25) is 0 Å². The van der Waals surface area contributed by atoms with Crippen molar-refractivity contribution in [1.29, 1.82) is 0 Å². The minimum absolute atomic E-state index is 0.155. The van der Waals surface area contributed by atoms with Gasteiger partial charge in [0.15, 0.2) is 9.76 Å². The molecule has 1 rings (SSSR count). The lowest BCUT2D eigenvalue weighted by Gasteiger charge is -2.06. The van der Waals surface area contributed by atoms with E-state index in [2.05, 4.69) is 11.9 Å². The van der Waals surface area contributed by atoms with Gasteiger partial charge in [0.2, 0.25) is 0 Å². The molecular formula is C5H13NOSi. The SMILES string of the molecule is C[SiH2]O[C@H]1CCNC1. The van der Waals surface area contributed by atoms with Gasteiger partial charge >= 0.3 is 0 Å². The average Bonchev–Trinajstić information content (AvgIpc) is 2.19. The number of hydrogen-bond donors (Lipinski definition) is 1. The van der Waals surface area contributed by atoms with E-state index in [0.717, 1.165) is 13.1 Å². The summed E-state index contributed by atoms with van der Waals surface area (Å²) in [7, 11) is -0.155. The van der Waals surface area contributed by atoms with E-state index in [9.17, 15) is 0 Å². The van der Waals surface area contributed by atoms with Crippen LogP contribution in [0.2, 0.25) is 6.55 Å². The van der Waals surface area contributed by atoms with Crippen molar-refractivity contribution < 1.29 is 4.43 Å². The summed E-state index contributed by atoms with van der Waals surface area (Å²) < 4.78 is 5.48. The highest BCUT2D eigenvalue weighted by atomic mass is 28.2. The molecular weight excluding hydrogens is 118 g/mol. The van der Waals surface area contributed by atoms with E-state index >= 15 is 0 Å². The van der Waals surface area contributed by atoms with E-state index in [4.69, 9.17) is 4.43 Å². The van der Waals surface area contributed by atoms with Crippen LogP contribution in [0.5, 0.6) is 0 Å². The summed E-state index contributed by atoms with van der Waals surface area (Å²) in [4.78, 5) is 0. The Bertz CT molecular complexity index is 63.4. The summed E-state index contributed by atoms with van der Waals surface area (Å²) in [6.07, 6.45) is 1.78. The summed E-state index contributed by atoms with van der Waals surface area (Å²) in [5, 5.41) is 3.25. The number of rotatable bonds is 2. The lowest BCUT2D eigenvalue weighted by Crippen LogP contribution is -2.17. The zero-order chi connectivity index (χ0) is 5.82. The molecule has 1 atom stereocenters. The van der Waals surface area contributed by atoms with Crippen molar-refractivity contribution in [2.75, 3.05) is 13.1 Å². The van der Waals surface area contributed by atoms with Crippen molar-refractivity contribution in [3.05, 3.63) is 0 Å². The van der Waals surface area contributed by atoms with Gasteiger partial charge in [-0.2, -0.15) is 0 Å². The highest BCUT2D eigenvalue weighted by Gasteiger charge is 2.12. The predicted octanol–water partition coefficient (Wildman–Crippen LogP) is -0.503. The second-order valence-electron chi connectivity index (χ2n) is 2.07.